The Hall–Kier alpha value is -1.29. The molecule has 0 saturated heterocycles. The number of fused-ring (bicyclic) bond motifs is 2. The van der Waals surface area contributed by atoms with E-state index in [2.05, 4.69) is 37.3 Å². The van der Waals surface area contributed by atoms with Crippen LogP contribution in [-0.2, 0) is 12.8 Å². The van der Waals surface area contributed by atoms with Crippen LogP contribution < -0.4 is 0 Å². The monoisotopic (exact) mass is 239 g/mol. The number of hydrogen-bond donors (Lipinski definition) is 0. The molecular weight excluding hydrogens is 218 g/mol. The fraction of sp³-hybridized carbons (Fsp3) is 0.588. The number of hydrogen-bond acceptors (Lipinski definition) is 1. The Balaban J connectivity index is 1.80. The van der Waals surface area contributed by atoms with Gasteiger partial charge >= 0.3 is 0 Å². The summed E-state index contributed by atoms with van der Waals surface area (Å²) < 4.78 is 0. The lowest BCUT2D eigenvalue weighted by Crippen LogP contribution is -2.28. The molecule has 3 atom stereocenters. The first-order valence-electron chi connectivity index (χ1n) is 7.25. The van der Waals surface area contributed by atoms with E-state index < -0.39 is 0 Å². The average molecular weight is 239 g/mol. The molecule has 0 N–H and O–H groups in total. The van der Waals surface area contributed by atoms with E-state index in [4.69, 9.17) is 0 Å². The van der Waals surface area contributed by atoms with Gasteiger partial charge in [-0.2, -0.15) is 5.26 Å². The molecule has 94 valence electrons. The zero-order valence-corrected chi connectivity index (χ0v) is 11.2. The van der Waals surface area contributed by atoms with Gasteiger partial charge in [0.25, 0.3) is 0 Å². The van der Waals surface area contributed by atoms with E-state index in [1.165, 1.54) is 30.4 Å². The molecule has 1 aromatic carbocycles. The van der Waals surface area contributed by atoms with Gasteiger partial charge in [-0.3, -0.25) is 0 Å². The second-order valence-corrected chi connectivity index (χ2v) is 6.19. The zero-order valence-electron chi connectivity index (χ0n) is 11.2. The third kappa shape index (κ3) is 1.85. The van der Waals surface area contributed by atoms with E-state index in [-0.39, 0.29) is 5.41 Å². The van der Waals surface area contributed by atoms with Gasteiger partial charge in [0.2, 0.25) is 0 Å². The second kappa shape index (κ2) is 4.43. The predicted molar refractivity (Wildman–Crippen MR) is 73.0 cm³/mol. The Bertz CT molecular complexity index is 467. The van der Waals surface area contributed by atoms with E-state index in [9.17, 15) is 5.26 Å². The molecule has 0 amide bonds. The molecule has 2 aliphatic rings. The summed E-state index contributed by atoms with van der Waals surface area (Å²) in [6, 6.07) is 11.6. The normalized spacial score (nSPS) is 33.6. The van der Waals surface area contributed by atoms with Crippen molar-refractivity contribution in [3.63, 3.8) is 0 Å². The van der Waals surface area contributed by atoms with Gasteiger partial charge in [0.1, 0.15) is 0 Å². The molecule has 1 aromatic rings. The van der Waals surface area contributed by atoms with Gasteiger partial charge in [-0.15, -0.1) is 0 Å². The van der Waals surface area contributed by atoms with Crippen molar-refractivity contribution in [2.75, 3.05) is 0 Å². The molecule has 3 rings (SSSR count). The van der Waals surface area contributed by atoms with Gasteiger partial charge in [0, 0.05) is 0 Å². The Morgan fingerprint density at radius 2 is 1.94 bits per heavy atom. The summed E-state index contributed by atoms with van der Waals surface area (Å²) in [5.74, 6) is 1.50. The van der Waals surface area contributed by atoms with E-state index in [1.54, 1.807) is 0 Å². The summed E-state index contributed by atoms with van der Waals surface area (Å²) in [5.41, 5.74) is 2.69. The van der Waals surface area contributed by atoms with Crippen LogP contribution in [0.1, 0.15) is 43.7 Å². The molecule has 2 aliphatic carbocycles. The smallest absolute Gasteiger partial charge is 0.0696 e. The fourth-order valence-corrected chi connectivity index (χ4v) is 4.09. The third-order valence-corrected chi connectivity index (χ3v) is 5.15. The lowest BCUT2D eigenvalue weighted by molar-refractivity contribution is 0.239. The first-order chi connectivity index (χ1) is 8.75. The van der Waals surface area contributed by atoms with Crippen molar-refractivity contribution >= 4 is 0 Å². The maximum atomic E-state index is 9.65. The molecular formula is C17H21N. The molecule has 0 heterocycles. The summed E-state index contributed by atoms with van der Waals surface area (Å²) in [6.07, 6.45) is 7.15. The Labute approximate surface area is 110 Å². The summed E-state index contributed by atoms with van der Waals surface area (Å²) in [7, 11) is 0. The lowest BCUT2D eigenvalue weighted by atomic mass is 9.70. The summed E-state index contributed by atoms with van der Waals surface area (Å²) >= 11 is 0. The van der Waals surface area contributed by atoms with Gasteiger partial charge in [0.15, 0.2) is 0 Å². The maximum absolute atomic E-state index is 9.65. The fourth-order valence-electron chi connectivity index (χ4n) is 4.09. The molecule has 2 saturated carbocycles. The predicted octanol–water partition coefficient (Wildman–Crippen LogP) is 4.12. The molecule has 0 radical (unpaired) electrons. The van der Waals surface area contributed by atoms with Crippen LogP contribution in [0, 0.1) is 28.6 Å². The molecule has 2 bridgehead atoms. The van der Waals surface area contributed by atoms with E-state index in [0.717, 1.165) is 25.2 Å². The summed E-state index contributed by atoms with van der Waals surface area (Å²) in [5, 5.41) is 9.65. The summed E-state index contributed by atoms with van der Waals surface area (Å²) in [6.45, 7) is 2.18. The topological polar surface area (TPSA) is 23.8 Å². The van der Waals surface area contributed by atoms with Gasteiger partial charge in [-0.1, -0.05) is 37.6 Å². The molecule has 2 fully saturated rings. The quantitative estimate of drug-likeness (QED) is 0.778. The van der Waals surface area contributed by atoms with Crippen LogP contribution in [0.15, 0.2) is 24.3 Å². The van der Waals surface area contributed by atoms with Crippen LogP contribution >= 0.6 is 0 Å². The van der Waals surface area contributed by atoms with Crippen molar-refractivity contribution in [3.8, 4) is 6.07 Å². The minimum absolute atomic E-state index is 0.0450. The van der Waals surface area contributed by atoms with Gasteiger partial charge in [-0.05, 0) is 55.1 Å². The number of benzene rings is 1. The number of rotatable bonds is 3. The van der Waals surface area contributed by atoms with Crippen molar-refractivity contribution in [1.29, 1.82) is 5.26 Å². The van der Waals surface area contributed by atoms with Gasteiger partial charge < -0.3 is 0 Å². The standard InChI is InChI=1S/C17H21N/c1-2-13-3-5-14(6-4-13)10-17(12-18)11-15-7-8-16(17)9-15/h3-6,15-16H,2,7-11H2,1H3. The Morgan fingerprint density at radius 3 is 2.44 bits per heavy atom. The summed E-state index contributed by atoms with van der Waals surface area (Å²) in [4.78, 5) is 0. The minimum atomic E-state index is -0.0450. The van der Waals surface area contributed by atoms with Crippen LogP contribution in [0.4, 0.5) is 0 Å². The van der Waals surface area contributed by atoms with Crippen LogP contribution in [0.5, 0.6) is 0 Å². The Kier molecular flexibility index (Phi) is 2.90. The van der Waals surface area contributed by atoms with Gasteiger partial charge in [0.05, 0.1) is 11.5 Å². The largest absolute Gasteiger partial charge is 0.198 e. The van der Waals surface area contributed by atoms with Gasteiger partial charge in [-0.25, -0.2) is 0 Å². The van der Waals surface area contributed by atoms with E-state index in [0.29, 0.717) is 5.92 Å². The molecule has 1 heteroatoms. The molecule has 18 heavy (non-hydrogen) atoms. The van der Waals surface area contributed by atoms with E-state index >= 15 is 0 Å². The first kappa shape index (κ1) is 11.8. The van der Waals surface area contributed by atoms with Crippen LogP contribution in [-0.4, -0.2) is 0 Å². The molecule has 3 unspecified atom stereocenters. The zero-order chi connectivity index (χ0) is 12.6. The van der Waals surface area contributed by atoms with Crippen LogP contribution in [0.25, 0.3) is 0 Å². The molecule has 0 aliphatic heterocycles. The lowest BCUT2D eigenvalue weighted by Gasteiger charge is -2.31. The number of nitriles is 1. The van der Waals surface area contributed by atoms with Crippen molar-refractivity contribution in [2.45, 2.75) is 45.4 Å². The minimum Gasteiger partial charge on any atom is -0.198 e. The Morgan fingerprint density at radius 1 is 1.22 bits per heavy atom. The van der Waals surface area contributed by atoms with Crippen molar-refractivity contribution < 1.29 is 0 Å². The van der Waals surface area contributed by atoms with Crippen LogP contribution in [0.2, 0.25) is 0 Å². The maximum Gasteiger partial charge on any atom is 0.0696 e. The first-order valence-corrected chi connectivity index (χ1v) is 7.25. The highest BCUT2D eigenvalue weighted by Gasteiger charge is 2.51. The number of aryl methyl sites for hydroxylation is 1. The average Bonchev–Trinajstić information content (AvgIpc) is 3.00. The number of nitrogens with zero attached hydrogens (tertiary/aromatic N) is 1. The SMILES string of the molecule is CCc1ccc(CC2(C#N)CC3CCC2C3)cc1. The van der Waals surface area contributed by atoms with Crippen molar-refractivity contribution in [2.24, 2.45) is 17.3 Å². The second-order valence-electron chi connectivity index (χ2n) is 6.19. The molecule has 0 aromatic heterocycles. The highest BCUT2D eigenvalue weighted by atomic mass is 14.5. The van der Waals surface area contributed by atoms with Crippen LogP contribution in [0.3, 0.4) is 0 Å². The molecule has 0 spiro atoms. The highest BCUT2D eigenvalue weighted by Crippen LogP contribution is 2.56. The van der Waals surface area contributed by atoms with Crippen molar-refractivity contribution in [3.05, 3.63) is 35.4 Å². The molecule has 1 nitrogen and oxygen atoms in total. The third-order valence-electron chi connectivity index (χ3n) is 5.15. The van der Waals surface area contributed by atoms with Crippen molar-refractivity contribution in [1.82, 2.24) is 0 Å². The van der Waals surface area contributed by atoms with E-state index in [1.807, 2.05) is 0 Å². The highest BCUT2D eigenvalue weighted by molar-refractivity contribution is 5.26.